The Kier molecular flexibility index (Phi) is 4.57. The minimum atomic E-state index is -3.57. The van der Waals surface area contributed by atoms with Gasteiger partial charge < -0.3 is 10.1 Å². The maximum Gasteiger partial charge on any atom is 0.354 e. The van der Waals surface area contributed by atoms with Crippen molar-refractivity contribution in [1.82, 2.24) is 14.7 Å². The molecule has 6 rings (SSSR count). The van der Waals surface area contributed by atoms with Crippen molar-refractivity contribution < 1.29 is 18.1 Å². The molecule has 2 aromatic rings. The van der Waals surface area contributed by atoms with Gasteiger partial charge >= 0.3 is 6.03 Å². The minimum absolute atomic E-state index is 0.118. The van der Waals surface area contributed by atoms with E-state index in [1.807, 2.05) is 0 Å². The summed E-state index contributed by atoms with van der Waals surface area (Å²) in [6.07, 6.45) is 6.14. The number of rotatable bonds is 3. The summed E-state index contributed by atoms with van der Waals surface area (Å²) >= 11 is 0. The highest BCUT2D eigenvalue weighted by molar-refractivity contribution is 7.91. The van der Waals surface area contributed by atoms with E-state index in [-0.39, 0.29) is 16.8 Å². The largest absolute Gasteiger partial charge is 0.475 e. The molecule has 0 saturated carbocycles. The van der Waals surface area contributed by atoms with Gasteiger partial charge in [-0.2, -0.15) is 5.10 Å². The van der Waals surface area contributed by atoms with Gasteiger partial charge in [0.2, 0.25) is 5.88 Å². The van der Waals surface area contributed by atoms with E-state index in [4.69, 9.17) is 9.88 Å². The number of ether oxygens (including phenoxy) is 1. The van der Waals surface area contributed by atoms with Gasteiger partial charge in [-0.25, -0.2) is 23.2 Å². The molecule has 1 aromatic carbocycles. The number of carbonyl (C=O) groups excluding carboxylic acids is 1. The minimum Gasteiger partial charge on any atom is -0.475 e. The maximum absolute atomic E-state index is 14.6. The predicted molar refractivity (Wildman–Crippen MR) is 116 cm³/mol. The number of hydrogen-bond acceptors (Lipinski definition) is 5. The number of nitrogens with two attached hydrogens (primary N) is 1. The molecule has 2 aliphatic heterocycles. The van der Waals surface area contributed by atoms with E-state index < -0.39 is 15.9 Å². The van der Waals surface area contributed by atoms with Gasteiger partial charge in [0.25, 0.3) is 0 Å². The topological polar surface area (TPSA) is 115 Å². The lowest BCUT2D eigenvalue weighted by atomic mass is 9.83. The molecule has 3 heterocycles. The summed E-state index contributed by atoms with van der Waals surface area (Å²) in [5.74, 6) is 0.175. The average Bonchev–Trinajstić information content (AvgIpc) is 3.31. The molecule has 32 heavy (non-hydrogen) atoms. The second-order valence-electron chi connectivity index (χ2n) is 8.90. The number of fused-ring (bicyclic) bond motifs is 3. The van der Waals surface area contributed by atoms with Crippen LogP contribution in [0.3, 0.4) is 0 Å². The molecule has 0 radical (unpaired) electrons. The summed E-state index contributed by atoms with van der Waals surface area (Å²) in [6, 6.07) is -0.585. The van der Waals surface area contributed by atoms with Crippen LogP contribution in [0.25, 0.3) is 0 Å². The number of likely N-dealkylation sites (tertiary alicyclic amines) is 1. The van der Waals surface area contributed by atoms with Gasteiger partial charge in [0.1, 0.15) is 17.3 Å². The first kappa shape index (κ1) is 20.1. The summed E-state index contributed by atoms with van der Waals surface area (Å²) < 4.78 is 39.1. The fraction of sp³-hybridized carbons (Fsp3) is 0.524. The van der Waals surface area contributed by atoms with Gasteiger partial charge in [-0.05, 0) is 73.9 Å². The van der Waals surface area contributed by atoms with Crippen molar-refractivity contribution >= 4 is 21.6 Å². The Morgan fingerprint density at radius 1 is 1.19 bits per heavy atom. The molecule has 0 bridgehead atoms. The Morgan fingerprint density at radius 3 is 2.62 bits per heavy atom. The standard InChI is InChI=1S/C21H25FN6O3S/c22-18-13-3-1-4-15(13)19(16-6-5-14(16)18)25-21(29)26-32(23,30)17-9-24-28-10-12(11-31-20(17)28)27-7-2-8-27/h9,12H,1-8,10-11H2,(H3,23,25,26,29,30). The first-order valence-corrected chi connectivity index (χ1v) is 12.6. The zero-order valence-corrected chi connectivity index (χ0v) is 18.4. The van der Waals surface area contributed by atoms with E-state index in [1.165, 1.54) is 12.6 Å². The average molecular weight is 461 g/mol. The smallest absolute Gasteiger partial charge is 0.354 e. The van der Waals surface area contributed by atoms with E-state index in [0.29, 0.717) is 61.5 Å². The molecule has 4 aliphatic rings. The highest BCUT2D eigenvalue weighted by Crippen LogP contribution is 2.42. The highest BCUT2D eigenvalue weighted by atomic mass is 32.2. The fourth-order valence-corrected chi connectivity index (χ4v) is 6.16. The van der Waals surface area contributed by atoms with Crippen LogP contribution < -0.4 is 15.2 Å². The van der Waals surface area contributed by atoms with Crippen LogP contribution in [-0.4, -0.2) is 50.7 Å². The number of nitrogens with zero attached hydrogens (tertiary/aromatic N) is 4. The van der Waals surface area contributed by atoms with Crippen molar-refractivity contribution in [2.24, 2.45) is 9.50 Å². The van der Waals surface area contributed by atoms with Crippen LogP contribution in [0.2, 0.25) is 0 Å². The lowest BCUT2D eigenvalue weighted by molar-refractivity contribution is 0.0417. The van der Waals surface area contributed by atoms with Gasteiger partial charge in [-0.15, -0.1) is 4.36 Å². The van der Waals surface area contributed by atoms with Gasteiger partial charge in [-0.3, -0.25) is 4.90 Å². The van der Waals surface area contributed by atoms with Crippen LogP contribution >= 0.6 is 0 Å². The van der Waals surface area contributed by atoms with Crippen LogP contribution in [0.1, 0.15) is 35.1 Å². The Hall–Kier alpha value is -2.50. The Labute approximate surface area is 185 Å². The molecule has 2 amide bonds. The molecule has 0 spiro atoms. The van der Waals surface area contributed by atoms with E-state index in [9.17, 15) is 13.4 Å². The number of halogens is 1. The summed E-state index contributed by atoms with van der Waals surface area (Å²) in [5.41, 5.74) is 3.62. The molecule has 9 nitrogen and oxygen atoms in total. The van der Waals surface area contributed by atoms with E-state index in [0.717, 1.165) is 30.6 Å². The molecule has 2 unspecified atom stereocenters. The van der Waals surface area contributed by atoms with Crippen LogP contribution in [0.15, 0.2) is 15.5 Å². The van der Waals surface area contributed by atoms with E-state index in [1.54, 1.807) is 4.68 Å². The molecule has 11 heteroatoms. The van der Waals surface area contributed by atoms with Crippen LogP contribution in [0.5, 0.6) is 5.88 Å². The molecular formula is C21H25FN6O3S. The molecule has 2 aliphatic carbocycles. The van der Waals surface area contributed by atoms with Crippen molar-refractivity contribution in [2.45, 2.75) is 56.0 Å². The van der Waals surface area contributed by atoms with Crippen molar-refractivity contribution in [3.63, 3.8) is 0 Å². The normalized spacial score (nSPS) is 23.0. The molecule has 1 aromatic heterocycles. The first-order valence-electron chi connectivity index (χ1n) is 11.1. The zero-order valence-electron chi connectivity index (χ0n) is 17.6. The summed E-state index contributed by atoms with van der Waals surface area (Å²) in [6.45, 7) is 3.15. The second-order valence-corrected chi connectivity index (χ2v) is 10.7. The Morgan fingerprint density at radius 2 is 1.91 bits per heavy atom. The van der Waals surface area contributed by atoms with Crippen LogP contribution in [-0.2, 0) is 42.1 Å². The zero-order chi connectivity index (χ0) is 22.0. The van der Waals surface area contributed by atoms with E-state index >= 15 is 0 Å². The predicted octanol–water partition coefficient (Wildman–Crippen LogP) is 2.01. The number of anilines is 1. The van der Waals surface area contributed by atoms with Crippen LogP contribution in [0, 0.1) is 5.82 Å². The SMILES string of the molecule is NS(=O)(=NC(=O)Nc1c2c(c(F)c3c1CC3)CCC2)c1cnn2c1OCC(N1CCC1)C2. The number of benzene rings is 1. The van der Waals surface area contributed by atoms with Gasteiger partial charge in [-0.1, -0.05) is 0 Å². The number of nitrogens with one attached hydrogen (secondary N) is 1. The molecular weight excluding hydrogens is 435 g/mol. The maximum atomic E-state index is 14.6. The van der Waals surface area contributed by atoms with E-state index in [2.05, 4.69) is 19.7 Å². The Balaban J connectivity index is 1.27. The number of urea groups is 1. The highest BCUT2D eigenvalue weighted by Gasteiger charge is 2.34. The second kappa shape index (κ2) is 7.26. The molecule has 1 fully saturated rings. The molecule has 170 valence electrons. The third-order valence-electron chi connectivity index (χ3n) is 7.07. The van der Waals surface area contributed by atoms with Crippen molar-refractivity contribution in [3.05, 3.63) is 34.3 Å². The molecule has 1 saturated heterocycles. The summed E-state index contributed by atoms with van der Waals surface area (Å²) in [7, 11) is -3.57. The first-order chi connectivity index (χ1) is 15.4. The van der Waals surface area contributed by atoms with Gasteiger partial charge in [0, 0.05) is 5.69 Å². The number of aromatic nitrogens is 2. The fourth-order valence-electron chi connectivity index (χ4n) is 5.16. The molecule has 2 atom stereocenters. The lowest BCUT2D eigenvalue weighted by Gasteiger charge is -2.40. The molecule has 3 N–H and O–H groups in total. The monoisotopic (exact) mass is 460 g/mol. The Bertz CT molecular complexity index is 1260. The van der Waals surface area contributed by atoms with Crippen molar-refractivity contribution in [2.75, 3.05) is 25.0 Å². The lowest BCUT2D eigenvalue weighted by Crippen LogP contribution is -2.51. The van der Waals surface area contributed by atoms with Gasteiger partial charge in [0.15, 0.2) is 9.92 Å². The third kappa shape index (κ3) is 3.06. The quantitative estimate of drug-likeness (QED) is 0.727. The number of hydrogen-bond donors (Lipinski definition) is 2. The van der Waals surface area contributed by atoms with Gasteiger partial charge in [0.05, 0.1) is 18.8 Å². The third-order valence-corrected chi connectivity index (χ3v) is 8.42. The summed E-state index contributed by atoms with van der Waals surface area (Å²) in [4.78, 5) is 15.2. The van der Waals surface area contributed by atoms with Crippen molar-refractivity contribution in [3.8, 4) is 5.88 Å². The summed E-state index contributed by atoms with van der Waals surface area (Å²) in [5, 5.41) is 13.0. The number of carbonyl (C=O) groups is 1. The number of amides is 2. The van der Waals surface area contributed by atoms with Crippen molar-refractivity contribution in [1.29, 1.82) is 0 Å². The van der Waals surface area contributed by atoms with Crippen LogP contribution in [0.4, 0.5) is 14.9 Å².